The minimum Gasteiger partial charge on any atom is -0.370 e. The number of hydrogen-bond donors (Lipinski definition) is 2. The molecule has 7 nitrogen and oxygen atoms in total. The zero-order valence-electron chi connectivity index (χ0n) is 13.1. The first-order valence-electron chi connectivity index (χ1n) is 7.35. The number of aryl methyl sites for hydroxylation is 2. The molecule has 0 fully saturated rings. The van der Waals surface area contributed by atoms with Crippen molar-refractivity contribution in [2.24, 2.45) is 0 Å². The van der Waals surface area contributed by atoms with E-state index in [0.717, 1.165) is 48.4 Å². The molecule has 0 atom stereocenters. The van der Waals surface area contributed by atoms with Crippen molar-refractivity contribution in [1.82, 2.24) is 24.7 Å². The summed E-state index contributed by atoms with van der Waals surface area (Å²) in [5, 5.41) is 14.7. The molecule has 0 amide bonds. The first kappa shape index (κ1) is 15.2. The molecule has 2 aromatic rings. The fraction of sp³-hybridized carbons (Fsp3) is 0.571. The van der Waals surface area contributed by atoms with Crippen molar-refractivity contribution in [2.45, 2.75) is 47.2 Å². The lowest BCUT2D eigenvalue weighted by molar-refractivity contribution is 0.707. The second-order valence-corrected chi connectivity index (χ2v) is 4.91. The predicted octanol–water partition coefficient (Wildman–Crippen LogP) is 2.14. The molecule has 0 unspecified atom stereocenters. The van der Waals surface area contributed by atoms with E-state index in [1.165, 1.54) is 0 Å². The summed E-state index contributed by atoms with van der Waals surface area (Å²) in [5.41, 5.74) is 1.02. The van der Waals surface area contributed by atoms with Gasteiger partial charge in [0.1, 0.15) is 23.8 Å². The van der Waals surface area contributed by atoms with Gasteiger partial charge in [0.05, 0.1) is 6.54 Å². The predicted molar refractivity (Wildman–Crippen MR) is 83.3 cm³/mol. The number of nitrogens with zero attached hydrogens (tertiary/aromatic N) is 5. The molecule has 2 N–H and O–H groups in total. The van der Waals surface area contributed by atoms with Crippen LogP contribution in [0.1, 0.15) is 37.5 Å². The normalized spacial score (nSPS) is 10.7. The third-order valence-corrected chi connectivity index (χ3v) is 3.25. The second kappa shape index (κ2) is 7.01. The molecular weight excluding hydrogens is 266 g/mol. The van der Waals surface area contributed by atoms with Crippen LogP contribution in [-0.4, -0.2) is 31.3 Å². The number of aromatic nitrogens is 5. The summed E-state index contributed by atoms with van der Waals surface area (Å²) in [4.78, 5) is 8.93. The van der Waals surface area contributed by atoms with Gasteiger partial charge in [-0.1, -0.05) is 6.92 Å². The van der Waals surface area contributed by atoms with Gasteiger partial charge in [-0.2, -0.15) is 0 Å². The SMILES string of the molecule is CCCNc1nc(C)nc(NCc2nncn2CC)c1C. The Hall–Kier alpha value is -2.18. The molecule has 0 aliphatic heterocycles. The van der Waals surface area contributed by atoms with E-state index in [-0.39, 0.29) is 0 Å². The highest BCUT2D eigenvalue weighted by molar-refractivity contribution is 5.57. The number of rotatable bonds is 7. The van der Waals surface area contributed by atoms with Gasteiger partial charge in [-0.05, 0) is 27.2 Å². The molecule has 114 valence electrons. The van der Waals surface area contributed by atoms with Gasteiger partial charge in [-0.3, -0.25) is 0 Å². The molecule has 0 saturated heterocycles. The maximum Gasteiger partial charge on any atom is 0.152 e. The van der Waals surface area contributed by atoms with Crippen molar-refractivity contribution in [3.8, 4) is 0 Å². The van der Waals surface area contributed by atoms with Crippen molar-refractivity contribution < 1.29 is 0 Å². The molecule has 0 saturated carbocycles. The van der Waals surface area contributed by atoms with Crippen LogP contribution in [0.2, 0.25) is 0 Å². The number of hydrogen-bond acceptors (Lipinski definition) is 6. The van der Waals surface area contributed by atoms with Gasteiger partial charge in [0, 0.05) is 18.7 Å². The van der Waals surface area contributed by atoms with Crippen LogP contribution in [-0.2, 0) is 13.1 Å². The minimum absolute atomic E-state index is 0.596. The van der Waals surface area contributed by atoms with Crippen molar-refractivity contribution in [2.75, 3.05) is 17.2 Å². The highest BCUT2D eigenvalue weighted by Gasteiger charge is 2.10. The molecule has 0 spiro atoms. The Morgan fingerprint density at radius 1 is 1.10 bits per heavy atom. The summed E-state index contributed by atoms with van der Waals surface area (Å²) in [6.45, 7) is 10.5. The van der Waals surface area contributed by atoms with Crippen molar-refractivity contribution in [3.63, 3.8) is 0 Å². The zero-order valence-corrected chi connectivity index (χ0v) is 13.1. The van der Waals surface area contributed by atoms with E-state index in [1.54, 1.807) is 6.33 Å². The molecule has 0 aliphatic carbocycles. The Labute approximate surface area is 125 Å². The number of nitrogens with one attached hydrogen (secondary N) is 2. The molecule has 21 heavy (non-hydrogen) atoms. The lowest BCUT2D eigenvalue weighted by Crippen LogP contribution is -2.12. The van der Waals surface area contributed by atoms with Gasteiger partial charge in [-0.25, -0.2) is 9.97 Å². The van der Waals surface area contributed by atoms with Crippen LogP contribution in [0.5, 0.6) is 0 Å². The first-order chi connectivity index (χ1) is 10.2. The Bertz CT molecular complexity index is 591. The molecule has 0 radical (unpaired) electrons. The minimum atomic E-state index is 0.596. The smallest absolute Gasteiger partial charge is 0.152 e. The Kier molecular flexibility index (Phi) is 5.08. The third-order valence-electron chi connectivity index (χ3n) is 3.25. The molecule has 0 bridgehead atoms. The van der Waals surface area contributed by atoms with Gasteiger partial charge < -0.3 is 15.2 Å². The summed E-state index contributed by atoms with van der Waals surface area (Å²) in [6, 6.07) is 0. The molecule has 2 aromatic heterocycles. The van der Waals surface area contributed by atoms with Gasteiger partial charge in [0.2, 0.25) is 0 Å². The molecular formula is C14H23N7. The van der Waals surface area contributed by atoms with E-state index in [9.17, 15) is 0 Å². The second-order valence-electron chi connectivity index (χ2n) is 4.91. The maximum atomic E-state index is 4.48. The summed E-state index contributed by atoms with van der Waals surface area (Å²) in [5.74, 6) is 3.38. The quantitative estimate of drug-likeness (QED) is 0.813. The van der Waals surface area contributed by atoms with E-state index < -0.39 is 0 Å². The van der Waals surface area contributed by atoms with E-state index in [0.29, 0.717) is 6.54 Å². The Morgan fingerprint density at radius 3 is 2.48 bits per heavy atom. The topological polar surface area (TPSA) is 80.6 Å². The number of anilines is 2. The fourth-order valence-electron chi connectivity index (χ4n) is 2.06. The summed E-state index contributed by atoms with van der Waals surface area (Å²) in [6.07, 6.45) is 2.80. The largest absolute Gasteiger partial charge is 0.370 e. The monoisotopic (exact) mass is 289 g/mol. The molecule has 0 aliphatic rings. The zero-order chi connectivity index (χ0) is 15.2. The highest BCUT2D eigenvalue weighted by atomic mass is 15.3. The lowest BCUT2D eigenvalue weighted by Gasteiger charge is -2.14. The van der Waals surface area contributed by atoms with Gasteiger partial charge in [-0.15, -0.1) is 10.2 Å². The van der Waals surface area contributed by atoms with Gasteiger partial charge in [0.15, 0.2) is 5.82 Å². The van der Waals surface area contributed by atoms with Crippen molar-refractivity contribution in [3.05, 3.63) is 23.5 Å². The Morgan fingerprint density at radius 2 is 1.81 bits per heavy atom. The van der Waals surface area contributed by atoms with Crippen LogP contribution in [0.4, 0.5) is 11.6 Å². The standard InChI is InChI=1S/C14H23N7/c1-5-7-15-13-10(3)14(19-11(4)18-13)16-8-12-20-17-9-21(12)6-2/h9H,5-8H2,1-4H3,(H2,15,16,18,19). The average Bonchev–Trinajstić information content (AvgIpc) is 2.93. The van der Waals surface area contributed by atoms with Gasteiger partial charge in [0.25, 0.3) is 0 Å². The van der Waals surface area contributed by atoms with Crippen LogP contribution >= 0.6 is 0 Å². The fourth-order valence-corrected chi connectivity index (χ4v) is 2.06. The maximum absolute atomic E-state index is 4.48. The summed E-state index contributed by atoms with van der Waals surface area (Å²) in [7, 11) is 0. The van der Waals surface area contributed by atoms with Crippen LogP contribution in [0.3, 0.4) is 0 Å². The molecule has 2 rings (SSSR count). The average molecular weight is 289 g/mol. The highest BCUT2D eigenvalue weighted by Crippen LogP contribution is 2.20. The van der Waals surface area contributed by atoms with Crippen LogP contribution in [0, 0.1) is 13.8 Å². The molecule has 0 aromatic carbocycles. The van der Waals surface area contributed by atoms with Crippen LogP contribution < -0.4 is 10.6 Å². The molecule has 7 heteroatoms. The lowest BCUT2D eigenvalue weighted by atomic mass is 10.3. The third kappa shape index (κ3) is 3.68. The van der Waals surface area contributed by atoms with Crippen LogP contribution in [0.15, 0.2) is 6.33 Å². The first-order valence-corrected chi connectivity index (χ1v) is 7.35. The van der Waals surface area contributed by atoms with Crippen LogP contribution in [0.25, 0.3) is 0 Å². The van der Waals surface area contributed by atoms with Crippen molar-refractivity contribution >= 4 is 11.6 Å². The summed E-state index contributed by atoms with van der Waals surface area (Å²) >= 11 is 0. The van der Waals surface area contributed by atoms with E-state index in [4.69, 9.17) is 0 Å². The van der Waals surface area contributed by atoms with Crippen molar-refractivity contribution in [1.29, 1.82) is 0 Å². The van der Waals surface area contributed by atoms with E-state index in [2.05, 4.69) is 44.6 Å². The van der Waals surface area contributed by atoms with E-state index in [1.807, 2.05) is 18.4 Å². The summed E-state index contributed by atoms with van der Waals surface area (Å²) < 4.78 is 2.01. The van der Waals surface area contributed by atoms with E-state index >= 15 is 0 Å². The molecule has 2 heterocycles. The Balaban J connectivity index is 2.14. The van der Waals surface area contributed by atoms with Gasteiger partial charge >= 0.3 is 0 Å².